The third-order valence-electron chi connectivity index (χ3n) is 8.69. The summed E-state index contributed by atoms with van der Waals surface area (Å²) in [5.74, 6) is 0. The van der Waals surface area contributed by atoms with Crippen LogP contribution >= 0.6 is 31.9 Å². The Hall–Kier alpha value is -3.34. The van der Waals surface area contributed by atoms with E-state index in [9.17, 15) is 0 Å². The van der Waals surface area contributed by atoms with Crippen molar-refractivity contribution in [2.24, 2.45) is 0 Å². The number of halogens is 2. The first-order chi connectivity index (χ1) is 19.6. The molecule has 6 rings (SSSR count). The van der Waals surface area contributed by atoms with Crippen LogP contribution in [0.4, 0.5) is 28.4 Å². The summed E-state index contributed by atoms with van der Waals surface area (Å²) in [5.41, 5.74) is 10.8. The number of benzene rings is 5. The summed E-state index contributed by atoms with van der Waals surface area (Å²) < 4.78 is 2.16. The maximum atomic E-state index is 3.63. The van der Waals surface area contributed by atoms with E-state index in [2.05, 4.69) is 192 Å². The predicted molar refractivity (Wildman–Crippen MR) is 182 cm³/mol. The second kappa shape index (κ2) is 10.5. The molecule has 5 aromatic rings. The molecule has 0 saturated carbocycles. The monoisotopic (exact) mass is 664 g/mol. The van der Waals surface area contributed by atoms with Crippen molar-refractivity contribution in [1.29, 1.82) is 0 Å². The molecule has 2 nitrogen and oxygen atoms in total. The molecule has 1 aliphatic rings. The number of anilines is 5. The van der Waals surface area contributed by atoms with Crippen molar-refractivity contribution >= 4 is 60.3 Å². The van der Waals surface area contributed by atoms with Crippen LogP contribution in [0.25, 0.3) is 0 Å². The minimum atomic E-state index is -0.248. The summed E-state index contributed by atoms with van der Waals surface area (Å²) in [6, 6.07) is 41.9. The highest BCUT2D eigenvalue weighted by molar-refractivity contribution is 9.10. The summed E-state index contributed by atoms with van der Waals surface area (Å²) in [6.45, 7) is 9.37. The van der Waals surface area contributed by atoms with Crippen LogP contribution < -0.4 is 9.80 Å². The van der Waals surface area contributed by atoms with E-state index < -0.39 is 0 Å². The molecule has 0 fully saturated rings. The molecule has 1 aliphatic heterocycles. The van der Waals surface area contributed by atoms with Gasteiger partial charge in [-0.2, -0.15) is 0 Å². The molecule has 5 aromatic carbocycles. The molecule has 206 valence electrons. The Kier molecular flexibility index (Phi) is 7.12. The summed E-state index contributed by atoms with van der Waals surface area (Å²) in [4.78, 5) is 4.72. The Morgan fingerprint density at radius 3 is 1.95 bits per heavy atom. The number of hydrogen-bond acceptors (Lipinski definition) is 2. The maximum Gasteiger partial charge on any atom is 0.0505 e. The predicted octanol–water partition coefficient (Wildman–Crippen LogP) is 11.4. The van der Waals surface area contributed by atoms with E-state index in [-0.39, 0.29) is 10.8 Å². The second-order valence-corrected chi connectivity index (χ2v) is 13.7. The molecular weight excluding hydrogens is 632 g/mol. The molecule has 0 atom stereocenters. The molecule has 0 bridgehead atoms. The molecule has 0 radical (unpaired) electrons. The molecule has 0 amide bonds. The molecule has 41 heavy (non-hydrogen) atoms. The first-order valence-electron chi connectivity index (χ1n) is 14.0. The van der Waals surface area contributed by atoms with E-state index in [1.54, 1.807) is 0 Å². The third kappa shape index (κ3) is 4.81. The Morgan fingerprint density at radius 1 is 0.659 bits per heavy atom. The molecule has 0 aliphatic carbocycles. The van der Waals surface area contributed by atoms with Crippen LogP contribution in [0.3, 0.4) is 0 Å². The van der Waals surface area contributed by atoms with Gasteiger partial charge in [0.2, 0.25) is 0 Å². The highest BCUT2D eigenvalue weighted by Gasteiger charge is 2.38. The zero-order valence-corrected chi connectivity index (χ0v) is 27.3. The Bertz CT molecular complexity index is 1720. The largest absolute Gasteiger partial charge is 0.344 e. The van der Waals surface area contributed by atoms with Gasteiger partial charge in [0.1, 0.15) is 0 Å². The molecule has 4 heteroatoms. The van der Waals surface area contributed by atoms with Gasteiger partial charge in [0.25, 0.3) is 0 Å². The fraction of sp³-hybridized carbons (Fsp3) is 0.189. The van der Waals surface area contributed by atoms with Gasteiger partial charge in [-0.05, 0) is 89.0 Å². The van der Waals surface area contributed by atoms with Gasteiger partial charge < -0.3 is 9.80 Å². The number of rotatable bonds is 5. The number of fused-ring (bicyclic) bond motifs is 2. The lowest BCUT2D eigenvalue weighted by Crippen LogP contribution is -2.31. The summed E-state index contributed by atoms with van der Waals surface area (Å²) in [5, 5.41) is 0. The summed E-state index contributed by atoms with van der Waals surface area (Å²) in [7, 11) is 2.15. The maximum absolute atomic E-state index is 3.63. The Morgan fingerprint density at radius 2 is 1.24 bits per heavy atom. The van der Waals surface area contributed by atoms with Crippen LogP contribution in [0.15, 0.2) is 124 Å². The number of hydrogen-bond donors (Lipinski definition) is 0. The molecule has 0 spiro atoms. The zero-order chi connectivity index (χ0) is 28.9. The smallest absolute Gasteiger partial charge is 0.0505 e. The minimum Gasteiger partial charge on any atom is -0.344 e. The number of para-hydroxylation sites is 2. The van der Waals surface area contributed by atoms with Crippen LogP contribution in [0.2, 0.25) is 0 Å². The fourth-order valence-electron chi connectivity index (χ4n) is 6.23. The average molecular weight is 667 g/mol. The van der Waals surface area contributed by atoms with Crippen molar-refractivity contribution in [3.8, 4) is 0 Å². The van der Waals surface area contributed by atoms with Gasteiger partial charge in [-0.25, -0.2) is 0 Å². The zero-order valence-electron chi connectivity index (χ0n) is 24.1. The van der Waals surface area contributed by atoms with Crippen molar-refractivity contribution in [2.75, 3.05) is 16.8 Å². The van der Waals surface area contributed by atoms with E-state index in [0.29, 0.717) is 0 Å². The molecule has 0 unspecified atom stereocenters. The second-order valence-electron chi connectivity index (χ2n) is 11.9. The van der Waals surface area contributed by atoms with Crippen molar-refractivity contribution in [1.82, 2.24) is 0 Å². The van der Waals surface area contributed by atoms with Gasteiger partial charge in [-0.15, -0.1) is 0 Å². The SMILES string of the molecule is CN(c1ccc(Br)cc1)c1ccccc1C(C)(C)c1ccc2c(c1)N(c1ccc(Br)cc1)c1ccccc1C2(C)C. The van der Waals surface area contributed by atoms with Gasteiger partial charge in [0.05, 0.1) is 11.4 Å². The van der Waals surface area contributed by atoms with Crippen LogP contribution in [-0.4, -0.2) is 7.05 Å². The lowest BCUT2D eigenvalue weighted by molar-refractivity contribution is 0.620. The third-order valence-corrected chi connectivity index (χ3v) is 9.75. The molecule has 0 saturated heterocycles. The molecule has 0 N–H and O–H groups in total. The first-order valence-corrected chi connectivity index (χ1v) is 15.6. The van der Waals surface area contributed by atoms with Gasteiger partial charge in [-0.1, -0.05) is 108 Å². The van der Waals surface area contributed by atoms with E-state index in [1.165, 1.54) is 39.3 Å². The van der Waals surface area contributed by atoms with Crippen LogP contribution in [-0.2, 0) is 10.8 Å². The Labute approximate surface area is 260 Å². The quantitative estimate of drug-likeness (QED) is 0.184. The molecule has 1 heterocycles. The normalized spacial score (nSPS) is 13.9. The lowest BCUT2D eigenvalue weighted by atomic mass is 9.71. The van der Waals surface area contributed by atoms with Gasteiger partial charge in [-0.3, -0.25) is 0 Å². The van der Waals surface area contributed by atoms with Crippen molar-refractivity contribution in [2.45, 2.75) is 38.5 Å². The van der Waals surface area contributed by atoms with E-state index in [1.807, 2.05) is 0 Å². The molecular formula is C37H34Br2N2. The Balaban J connectivity index is 1.51. The van der Waals surface area contributed by atoms with Crippen molar-refractivity contribution < 1.29 is 0 Å². The lowest BCUT2D eigenvalue weighted by Gasteiger charge is -2.43. The van der Waals surface area contributed by atoms with Crippen LogP contribution in [0.5, 0.6) is 0 Å². The highest BCUT2D eigenvalue weighted by Crippen LogP contribution is 2.53. The standard InChI is InChI=1S/C37H34Br2N2/c1-36(2,30-10-6-8-12-33(30)40(5)28-19-15-26(38)16-20-28)25-14-23-32-35(24-25)41(29-21-17-27(39)18-22-29)34-13-9-7-11-31(34)37(32,3)4/h6-24H,1-5H3. The molecule has 0 aromatic heterocycles. The van der Waals surface area contributed by atoms with E-state index in [4.69, 9.17) is 0 Å². The first kappa shape index (κ1) is 27.8. The van der Waals surface area contributed by atoms with Crippen LogP contribution in [0, 0.1) is 0 Å². The minimum absolute atomic E-state index is 0.125. The fourth-order valence-corrected chi connectivity index (χ4v) is 6.76. The van der Waals surface area contributed by atoms with Crippen molar-refractivity contribution in [3.05, 3.63) is 146 Å². The highest BCUT2D eigenvalue weighted by atomic mass is 79.9. The van der Waals surface area contributed by atoms with Crippen molar-refractivity contribution in [3.63, 3.8) is 0 Å². The summed E-state index contributed by atoms with van der Waals surface area (Å²) in [6.07, 6.45) is 0. The van der Waals surface area contributed by atoms with Gasteiger partial charge in [0.15, 0.2) is 0 Å². The van der Waals surface area contributed by atoms with E-state index in [0.717, 1.165) is 20.3 Å². The summed E-state index contributed by atoms with van der Waals surface area (Å²) >= 11 is 7.20. The number of nitrogens with zero attached hydrogens (tertiary/aromatic N) is 2. The van der Waals surface area contributed by atoms with Gasteiger partial charge in [0, 0.05) is 43.9 Å². The van der Waals surface area contributed by atoms with E-state index >= 15 is 0 Å². The average Bonchev–Trinajstić information content (AvgIpc) is 2.98. The van der Waals surface area contributed by atoms with Crippen LogP contribution in [0.1, 0.15) is 49.9 Å². The topological polar surface area (TPSA) is 6.48 Å². The van der Waals surface area contributed by atoms with Gasteiger partial charge >= 0.3 is 0 Å².